The maximum absolute atomic E-state index is 12.6. The van der Waals surface area contributed by atoms with Crippen LogP contribution < -0.4 is 4.72 Å². The Balaban J connectivity index is 2.18. The molecule has 0 amide bonds. The van der Waals surface area contributed by atoms with E-state index in [0.29, 0.717) is 0 Å². The fourth-order valence-electron chi connectivity index (χ4n) is 2.99. The van der Waals surface area contributed by atoms with Crippen molar-refractivity contribution in [2.45, 2.75) is 76.6 Å². The van der Waals surface area contributed by atoms with Gasteiger partial charge in [-0.25, -0.2) is 13.1 Å². The first-order valence-electron chi connectivity index (χ1n) is 8.53. The average molecular weight is 385 g/mol. The molecule has 4 atom stereocenters. The predicted molar refractivity (Wildman–Crippen MR) is 96.0 cm³/mol. The van der Waals surface area contributed by atoms with Crippen molar-refractivity contribution in [1.29, 1.82) is 0 Å². The SMILES string of the molecule is CC(=O)O[C@H](C)[C@@H]1OC(C)(C)O[C@H]1[C@@H](C)NS(=O)(=O)c1ccc(C)cc1. The number of esters is 1. The smallest absolute Gasteiger partial charge is 0.302 e. The molecule has 1 N–H and O–H groups in total. The topological polar surface area (TPSA) is 90.9 Å². The van der Waals surface area contributed by atoms with E-state index < -0.39 is 46.1 Å². The van der Waals surface area contributed by atoms with Crippen LogP contribution in [-0.4, -0.2) is 44.5 Å². The lowest BCUT2D eigenvalue weighted by Gasteiger charge is -2.27. The number of carbonyl (C=O) groups excluding carboxylic acids is 1. The van der Waals surface area contributed by atoms with E-state index in [1.807, 2.05) is 6.92 Å². The molecule has 0 unspecified atom stereocenters. The van der Waals surface area contributed by atoms with E-state index in [9.17, 15) is 13.2 Å². The number of aryl methyl sites for hydroxylation is 1. The highest BCUT2D eigenvalue weighted by molar-refractivity contribution is 7.89. The van der Waals surface area contributed by atoms with Crippen LogP contribution in [0.3, 0.4) is 0 Å². The molecule has 1 aliphatic rings. The van der Waals surface area contributed by atoms with E-state index in [-0.39, 0.29) is 4.90 Å². The average Bonchev–Trinajstić information content (AvgIpc) is 2.83. The number of ether oxygens (including phenoxy) is 3. The lowest BCUT2D eigenvalue weighted by atomic mass is 10.0. The van der Waals surface area contributed by atoms with Crippen molar-refractivity contribution in [3.63, 3.8) is 0 Å². The summed E-state index contributed by atoms with van der Waals surface area (Å²) < 4.78 is 44.9. The second-order valence-electron chi connectivity index (χ2n) is 7.10. The molecule has 1 heterocycles. The minimum absolute atomic E-state index is 0.178. The van der Waals surface area contributed by atoms with Crippen LogP contribution in [0.25, 0.3) is 0 Å². The van der Waals surface area contributed by atoms with Gasteiger partial charge in [0, 0.05) is 13.0 Å². The number of nitrogens with one attached hydrogen (secondary N) is 1. The van der Waals surface area contributed by atoms with Crippen molar-refractivity contribution in [3.05, 3.63) is 29.8 Å². The standard InChI is InChI=1S/C18H27NO6S/c1-11-7-9-15(10-8-11)26(21,22)19-12(2)16-17(13(3)23-14(4)20)25-18(5,6)24-16/h7-10,12-13,16-17,19H,1-6H3/t12-,13-,16+,17+/m1/s1. The molecule has 0 aromatic heterocycles. The van der Waals surface area contributed by atoms with E-state index in [1.54, 1.807) is 52.0 Å². The predicted octanol–water partition coefficient (Wildman–Crippen LogP) is 2.13. The summed E-state index contributed by atoms with van der Waals surface area (Å²) in [7, 11) is -3.72. The number of rotatable bonds is 6. The molecule has 0 radical (unpaired) electrons. The van der Waals surface area contributed by atoms with Crippen molar-refractivity contribution in [3.8, 4) is 0 Å². The van der Waals surface area contributed by atoms with Gasteiger partial charge in [-0.15, -0.1) is 0 Å². The van der Waals surface area contributed by atoms with Crippen LogP contribution in [0.15, 0.2) is 29.2 Å². The Morgan fingerprint density at radius 2 is 1.69 bits per heavy atom. The molecule has 1 aromatic carbocycles. The third kappa shape index (κ3) is 5.03. The van der Waals surface area contributed by atoms with E-state index in [1.165, 1.54) is 6.92 Å². The molecule has 8 heteroatoms. The molecular formula is C18H27NO6S. The molecule has 1 aliphatic heterocycles. The van der Waals surface area contributed by atoms with Gasteiger partial charge in [-0.3, -0.25) is 4.79 Å². The zero-order valence-corrected chi connectivity index (χ0v) is 16.8. The highest BCUT2D eigenvalue weighted by atomic mass is 32.2. The molecule has 26 heavy (non-hydrogen) atoms. The van der Waals surface area contributed by atoms with Crippen molar-refractivity contribution in [2.24, 2.45) is 0 Å². The van der Waals surface area contributed by atoms with Crippen LogP contribution in [0.1, 0.15) is 40.2 Å². The first kappa shape index (κ1) is 20.8. The number of carbonyl (C=O) groups is 1. The molecule has 146 valence electrons. The van der Waals surface area contributed by atoms with Crippen LogP contribution in [0.2, 0.25) is 0 Å². The van der Waals surface area contributed by atoms with Gasteiger partial charge in [0.15, 0.2) is 5.79 Å². The normalized spacial score (nSPS) is 24.8. The van der Waals surface area contributed by atoms with Crippen LogP contribution in [0, 0.1) is 6.92 Å². The monoisotopic (exact) mass is 385 g/mol. The summed E-state index contributed by atoms with van der Waals surface area (Å²) in [6.07, 6.45) is -1.78. The summed E-state index contributed by atoms with van der Waals surface area (Å²) in [5, 5.41) is 0. The summed E-state index contributed by atoms with van der Waals surface area (Å²) in [6.45, 7) is 10.1. The molecule has 1 saturated heterocycles. The fraction of sp³-hybridized carbons (Fsp3) is 0.611. The molecule has 1 aromatic rings. The van der Waals surface area contributed by atoms with Crippen molar-refractivity contribution in [2.75, 3.05) is 0 Å². The van der Waals surface area contributed by atoms with Gasteiger partial charge in [-0.1, -0.05) is 17.7 Å². The number of benzene rings is 1. The molecule has 0 aliphatic carbocycles. The van der Waals surface area contributed by atoms with Crippen molar-refractivity contribution < 1.29 is 27.4 Å². The first-order valence-corrected chi connectivity index (χ1v) is 10.0. The van der Waals surface area contributed by atoms with Crippen molar-refractivity contribution in [1.82, 2.24) is 4.72 Å². The Labute approximate surface area is 155 Å². The third-order valence-corrected chi connectivity index (χ3v) is 5.72. The van der Waals surface area contributed by atoms with E-state index in [2.05, 4.69) is 4.72 Å². The van der Waals surface area contributed by atoms with Gasteiger partial charge in [-0.2, -0.15) is 0 Å². The van der Waals surface area contributed by atoms with Gasteiger partial charge in [0.2, 0.25) is 10.0 Å². The summed E-state index contributed by atoms with van der Waals surface area (Å²) in [5.74, 6) is -1.34. The second kappa shape index (κ2) is 7.64. The van der Waals surface area contributed by atoms with Gasteiger partial charge in [0.25, 0.3) is 0 Å². The lowest BCUT2D eigenvalue weighted by Crippen LogP contribution is -2.49. The van der Waals surface area contributed by atoms with E-state index in [0.717, 1.165) is 5.56 Å². The third-order valence-electron chi connectivity index (χ3n) is 4.14. The Morgan fingerprint density at radius 3 is 2.23 bits per heavy atom. The Hall–Kier alpha value is -1.48. The fourth-order valence-corrected chi connectivity index (χ4v) is 4.25. The summed E-state index contributed by atoms with van der Waals surface area (Å²) >= 11 is 0. The zero-order chi connectivity index (χ0) is 19.7. The summed E-state index contributed by atoms with van der Waals surface area (Å²) in [4.78, 5) is 11.4. The number of hydrogen-bond donors (Lipinski definition) is 1. The van der Waals surface area contributed by atoms with Crippen molar-refractivity contribution >= 4 is 16.0 Å². The molecular weight excluding hydrogens is 358 g/mol. The van der Waals surface area contributed by atoms with Crippen LogP contribution in [0.5, 0.6) is 0 Å². The Morgan fingerprint density at radius 1 is 1.15 bits per heavy atom. The van der Waals surface area contributed by atoms with Gasteiger partial charge < -0.3 is 14.2 Å². The number of sulfonamides is 1. The van der Waals surface area contributed by atoms with Crippen LogP contribution in [-0.2, 0) is 29.0 Å². The highest BCUT2D eigenvalue weighted by Crippen LogP contribution is 2.33. The van der Waals surface area contributed by atoms with Crippen LogP contribution >= 0.6 is 0 Å². The molecule has 1 fully saturated rings. The van der Waals surface area contributed by atoms with Gasteiger partial charge in [-0.05, 0) is 46.8 Å². The van der Waals surface area contributed by atoms with E-state index >= 15 is 0 Å². The quantitative estimate of drug-likeness (QED) is 0.755. The number of hydrogen-bond acceptors (Lipinski definition) is 6. The maximum atomic E-state index is 12.6. The summed E-state index contributed by atoms with van der Waals surface area (Å²) in [6, 6.07) is 6.00. The highest BCUT2D eigenvalue weighted by Gasteiger charge is 2.48. The maximum Gasteiger partial charge on any atom is 0.302 e. The first-order chi connectivity index (χ1) is 11.9. The minimum atomic E-state index is -3.72. The molecule has 0 spiro atoms. The van der Waals surface area contributed by atoms with Gasteiger partial charge >= 0.3 is 5.97 Å². The van der Waals surface area contributed by atoms with E-state index in [4.69, 9.17) is 14.2 Å². The van der Waals surface area contributed by atoms with Gasteiger partial charge in [0.05, 0.1) is 4.90 Å². The second-order valence-corrected chi connectivity index (χ2v) is 8.82. The molecule has 0 bridgehead atoms. The summed E-state index contributed by atoms with van der Waals surface area (Å²) in [5.41, 5.74) is 0.974. The molecule has 2 rings (SSSR count). The minimum Gasteiger partial charge on any atom is -0.460 e. The Bertz CT molecular complexity index is 743. The van der Waals surface area contributed by atoms with Crippen LogP contribution in [0.4, 0.5) is 0 Å². The Kier molecular flexibility index (Phi) is 6.12. The lowest BCUT2D eigenvalue weighted by molar-refractivity contribution is -0.168. The molecule has 0 saturated carbocycles. The molecule has 7 nitrogen and oxygen atoms in total. The largest absolute Gasteiger partial charge is 0.460 e. The van der Waals surface area contributed by atoms with Gasteiger partial charge in [0.1, 0.15) is 18.3 Å². The zero-order valence-electron chi connectivity index (χ0n) is 16.0.